The number of carbonyl (C=O) groups excluding carboxylic acids is 1. The highest BCUT2D eigenvalue weighted by atomic mass is 16.5. The Hall–Kier alpha value is -2.33. The van der Waals surface area contributed by atoms with Crippen molar-refractivity contribution in [3.63, 3.8) is 0 Å². The number of rotatable bonds is 7. The predicted octanol–water partition coefficient (Wildman–Crippen LogP) is 2.22. The van der Waals surface area contributed by atoms with E-state index in [4.69, 9.17) is 4.74 Å². The van der Waals surface area contributed by atoms with E-state index in [9.17, 15) is 4.79 Å². The molecule has 4 heteroatoms. The largest absolute Gasteiger partial charge is 0.497 e. The van der Waals surface area contributed by atoms with Crippen LogP contribution in [-0.4, -0.2) is 26.6 Å². The summed E-state index contributed by atoms with van der Waals surface area (Å²) in [6.07, 6.45) is 0.907. The first-order valence-corrected chi connectivity index (χ1v) is 8.36. The highest BCUT2D eigenvalue weighted by Gasteiger charge is 2.13. The van der Waals surface area contributed by atoms with Gasteiger partial charge in [-0.2, -0.15) is 0 Å². The second-order valence-corrected chi connectivity index (χ2v) is 6.17. The van der Waals surface area contributed by atoms with E-state index in [0.29, 0.717) is 6.54 Å². The smallest absolute Gasteiger partial charge is 0.279 e. The summed E-state index contributed by atoms with van der Waals surface area (Å²) in [5.41, 5.74) is 4.39. The van der Waals surface area contributed by atoms with E-state index >= 15 is 0 Å². The first-order chi connectivity index (χ1) is 11.5. The topological polar surface area (TPSA) is 42.8 Å². The second-order valence-electron chi connectivity index (χ2n) is 6.17. The molecule has 0 bridgehead atoms. The van der Waals surface area contributed by atoms with Crippen LogP contribution >= 0.6 is 0 Å². The maximum atomic E-state index is 12.4. The summed E-state index contributed by atoms with van der Waals surface area (Å²) in [6, 6.07) is 14.1. The van der Waals surface area contributed by atoms with Gasteiger partial charge in [-0.3, -0.25) is 4.79 Å². The van der Waals surface area contributed by atoms with Crippen LogP contribution < -0.4 is 15.0 Å². The molecule has 2 aromatic rings. The van der Waals surface area contributed by atoms with E-state index in [1.807, 2.05) is 44.3 Å². The molecule has 1 amide bonds. The minimum Gasteiger partial charge on any atom is -0.497 e. The molecular weight excluding hydrogens is 300 g/mol. The molecule has 0 saturated carbocycles. The van der Waals surface area contributed by atoms with Crippen molar-refractivity contribution in [1.29, 1.82) is 0 Å². The Morgan fingerprint density at radius 2 is 1.96 bits per heavy atom. The minimum atomic E-state index is 0.0411. The number of aryl methyl sites for hydroxylation is 2. The molecule has 0 fully saturated rings. The molecular formula is C20H27N2O2+. The summed E-state index contributed by atoms with van der Waals surface area (Å²) in [5.74, 6) is 0.886. The summed E-state index contributed by atoms with van der Waals surface area (Å²) < 4.78 is 5.25. The van der Waals surface area contributed by atoms with Crippen molar-refractivity contribution in [3.8, 4) is 5.75 Å². The van der Waals surface area contributed by atoms with Gasteiger partial charge in [0.1, 0.15) is 12.3 Å². The number of hydrogen-bond acceptors (Lipinski definition) is 2. The van der Waals surface area contributed by atoms with Crippen LogP contribution in [-0.2, 0) is 17.8 Å². The van der Waals surface area contributed by atoms with E-state index in [-0.39, 0.29) is 5.91 Å². The number of carbonyl (C=O) groups is 1. The first kappa shape index (κ1) is 18.0. The number of quaternary nitrogens is 1. The Morgan fingerprint density at radius 1 is 1.21 bits per heavy atom. The van der Waals surface area contributed by atoms with Crippen molar-refractivity contribution < 1.29 is 14.4 Å². The zero-order valence-corrected chi connectivity index (χ0v) is 15.0. The zero-order valence-electron chi connectivity index (χ0n) is 15.0. The molecule has 0 aliphatic heterocycles. The van der Waals surface area contributed by atoms with Gasteiger partial charge in [0.15, 0.2) is 6.54 Å². The molecule has 24 heavy (non-hydrogen) atoms. The van der Waals surface area contributed by atoms with Crippen LogP contribution in [0.2, 0.25) is 0 Å². The Bertz CT molecular complexity index is 698. The van der Waals surface area contributed by atoms with Crippen molar-refractivity contribution in [3.05, 3.63) is 59.2 Å². The van der Waals surface area contributed by atoms with E-state index in [1.165, 1.54) is 5.56 Å². The third kappa shape index (κ3) is 4.83. The van der Waals surface area contributed by atoms with E-state index in [2.05, 4.69) is 24.4 Å². The van der Waals surface area contributed by atoms with Crippen molar-refractivity contribution in [2.24, 2.45) is 0 Å². The molecule has 2 rings (SSSR count). The molecule has 0 saturated heterocycles. The predicted molar refractivity (Wildman–Crippen MR) is 97.6 cm³/mol. The fourth-order valence-electron chi connectivity index (χ4n) is 2.85. The van der Waals surface area contributed by atoms with Gasteiger partial charge in [-0.25, -0.2) is 0 Å². The molecule has 2 aromatic carbocycles. The molecule has 0 aliphatic rings. The Labute approximate surface area is 144 Å². The van der Waals surface area contributed by atoms with Gasteiger partial charge in [0, 0.05) is 11.3 Å². The zero-order chi connectivity index (χ0) is 17.5. The molecule has 2 N–H and O–H groups in total. The maximum Gasteiger partial charge on any atom is 0.279 e. The number of nitrogens with one attached hydrogen (secondary N) is 2. The quantitative estimate of drug-likeness (QED) is 0.819. The monoisotopic (exact) mass is 327 g/mol. The number of benzene rings is 2. The van der Waals surface area contributed by atoms with Crippen LogP contribution in [0.25, 0.3) is 0 Å². The molecule has 1 unspecified atom stereocenters. The summed E-state index contributed by atoms with van der Waals surface area (Å²) in [7, 11) is 3.69. The normalized spacial score (nSPS) is 11.8. The van der Waals surface area contributed by atoms with Crippen LogP contribution in [0, 0.1) is 6.92 Å². The number of ether oxygens (including phenoxy) is 1. The molecule has 1 atom stereocenters. The fourth-order valence-corrected chi connectivity index (χ4v) is 2.85. The van der Waals surface area contributed by atoms with Gasteiger partial charge >= 0.3 is 0 Å². The van der Waals surface area contributed by atoms with Crippen molar-refractivity contribution in [2.75, 3.05) is 26.0 Å². The molecule has 0 heterocycles. The Balaban J connectivity index is 1.97. The molecule has 0 spiro atoms. The lowest BCUT2D eigenvalue weighted by Crippen LogP contribution is -3.08. The van der Waals surface area contributed by atoms with Gasteiger partial charge in [0.25, 0.3) is 5.91 Å². The van der Waals surface area contributed by atoms with Crippen molar-refractivity contribution >= 4 is 11.6 Å². The molecule has 0 radical (unpaired) electrons. The number of amides is 1. The van der Waals surface area contributed by atoms with Gasteiger partial charge in [-0.05, 0) is 36.6 Å². The first-order valence-electron chi connectivity index (χ1n) is 8.36. The van der Waals surface area contributed by atoms with Gasteiger partial charge < -0.3 is 15.0 Å². The summed E-state index contributed by atoms with van der Waals surface area (Å²) in [5, 5.41) is 3.08. The Morgan fingerprint density at radius 3 is 2.67 bits per heavy atom. The lowest BCUT2D eigenvalue weighted by molar-refractivity contribution is -0.885. The van der Waals surface area contributed by atoms with Crippen molar-refractivity contribution in [2.45, 2.75) is 26.8 Å². The van der Waals surface area contributed by atoms with Crippen LogP contribution in [0.15, 0.2) is 42.5 Å². The van der Waals surface area contributed by atoms with Crippen molar-refractivity contribution in [1.82, 2.24) is 0 Å². The summed E-state index contributed by atoms with van der Waals surface area (Å²) in [4.78, 5) is 13.5. The Kier molecular flexibility index (Phi) is 6.38. The van der Waals surface area contributed by atoms with Gasteiger partial charge in [0.2, 0.25) is 0 Å². The minimum absolute atomic E-state index is 0.0411. The lowest BCUT2D eigenvalue weighted by Gasteiger charge is -2.16. The van der Waals surface area contributed by atoms with Crippen LogP contribution in [0.4, 0.5) is 5.69 Å². The molecule has 0 aliphatic carbocycles. The van der Waals surface area contributed by atoms with Gasteiger partial charge in [-0.1, -0.05) is 37.3 Å². The lowest BCUT2D eigenvalue weighted by atomic mass is 10.1. The molecule has 128 valence electrons. The SMILES string of the molecule is CCc1cccc(C)c1NC(=O)C[NH+](C)Cc1cccc(OC)c1. The van der Waals surface area contributed by atoms with Gasteiger partial charge in [0.05, 0.1) is 14.2 Å². The highest BCUT2D eigenvalue weighted by molar-refractivity contribution is 5.93. The highest BCUT2D eigenvalue weighted by Crippen LogP contribution is 2.20. The maximum absolute atomic E-state index is 12.4. The number of para-hydroxylation sites is 1. The van der Waals surface area contributed by atoms with Crippen LogP contribution in [0.1, 0.15) is 23.6 Å². The van der Waals surface area contributed by atoms with E-state index in [0.717, 1.165) is 40.4 Å². The molecule has 4 nitrogen and oxygen atoms in total. The second kappa shape index (κ2) is 8.50. The molecule has 0 aromatic heterocycles. The third-order valence-electron chi connectivity index (χ3n) is 4.11. The fraction of sp³-hybridized carbons (Fsp3) is 0.350. The number of likely N-dealkylation sites (N-methyl/N-ethyl adjacent to an activating group) is 1. The number of hydrogen-bond donors (Lipinski definition) is 2. The number of methoxy groups -OCH3 is 1. The number of anilines is 1. The standard InChI is InChI=1S/C20H26N2O2/c1-5-17-10-6-8-15(2)20(17)21-19(23)14-22(3)13-16-9-7-11-18(12-16)24-4/h6-12H,5,13-14H2,1-4H3,(H,21,23)/p+1. The third-order valence-corrected chi connectivity index (χ3v) is 4.11. The summed E-state index contributed by atoms with van der Waals surface area (Å²) >= 11 is 0. The van der Waals surface area contributed by atoms with Crippen LogP contribution in [0.3, 0.4) is 0 Å². The average molecular weight is 327 g/mol. The van der Waals surface area contributed by atoms with E-state index in [1.54, 1.807) is 7.11 Å². The van der Waals surface area contributed by atoms with Gasteiger partial charge in [-0.15, -0.1) is 0 Å². The van der Waals surface area contributed by atoms with E-state index < -0.39 is 0 Å². The summed E-state index contributed by atoms with van der Waals surface area (Å²) in [6.45, 7) is 5.33. The van der Waals surface area contributed by atoms with Crippen LogP contribution in [0.5, 0.6) is 5.75 Å². The average Bonchev–Trinajstić information content (AvgIpc) is 2.56.